The summed E-state index contributed by atoms with van der Waals surface area (Å²) in [6.45, 7) is 5.59. The minimum atomic E-state index is -0.114. The zero-order valence-corrected chi connectivity index (χ0v) is 16.4. The summed E-state index contributed by atoms with van der Waals surface area (Å²) in [5, 5.41) is 3.42. The largest absolute Gasteiger partial charge is 0.314 e. The van der Waals surface area contributed by atoms with Crippen LogP contribution < -0.4 is 5.32 Å². The van der Waals surface area contributed by atoms with E-state index in [-0.39, 0.29) is 5.82 Å². The quantitative estimate of drug-likeness (QED) is 0.828. The molecule has 0 aromatic heterocycles. The molecule has 2 nitrogen and oxygen atoms in total. The van der Waals surface area contributed by atoms with Crippen molar-refractivity contribution >= 4 is 9.24 Å². The molecule has 0 saturated carbocycles. The van der Waals surface area contributed by atoms with Crippen molar-refractivity contribution in [1.82, 2.24) is 10.2 Å². The van der Waals surface area contributed by atoms with Gasteiger partial charge in [-0.1, -0.05) is 30.3 Å². The molecule has 0 radical (unpaired) electrons. The van der Waals surface area contributed by atoms with Crippen LogP contribution in [0.4, 0.5) is 4.39 Å². The molecule has 26 heavy (non-hydrogen) atoms. The third kappa shape index (κ3) is 4.17. The molecule has 0 amide bonds. The smallest absolute Gasteiger partial charge is 0.123 e. The van der Waals surface area contributed by atoms with E-state index in [0.29, 0.717) is 11.6 Å². The van der Waals surface area contributed by atoms with Gasteiger partial charge in [-0.15, -0.1) is 9.24 Å². The van der Waals surface area contributed by atoms with Crippen molar-refractivity contribution in [2.45, 2.75) is 30.8 Å². The molecule has 4 heteroatoms. The fourth-order valence-electron chi connectivity index (χ4n) is 4.51. The van der Waals surface area contributed by atoms with Crippen LogP contribution in [0.25, 0.3) is 0 Å². The van der Waals surface area contributed by atoms with Gasteiger partial charge >= 0.3 is 0 Å². The van der Waals surface area contributed by atoms with E-state index in [1.54, 1.807) is 12.1 Å². The van der Waals surface area contributed by atoms with Crippen LogP contribution in [0.5, 0.6) is 0 Å². The first-order valence-corrected chi connectivity index (χ1v) is 10.4. The number of nitrogens with zero attached hydrogens (tertiary/aromatic N) is 1. The maximum Gasteiger partial charge on any atom is 0.123 e. The van der Waals surface area contributed by atoms with Crippen LogP contribution in [0, 0.1) is 5.82 Å². The summed E-state index contributed by atoms with van der Waals surface area (Å²) in [4.78, 5) is 2.56. The molecule has 138 valence electrons. The summed E-state index contributed by atoms with van der Waals surface area (Å²) in [6.07, 6.45) is 2.99. The van der Waals surface area contributed by atoms with E-state index in [1.165, 1.54) is 22.3 Å². The van der Waals surface area contributed by atoms with Crippen LogP contribution in [0.3, 0.4) is 0 Å². The van der Waals surface area contributed by atoms with Gasteiger partial charge < -0.3 is 10.2 Å². The van der Waals surface area contributed by atoms with Crippen LogP contribution in [0.1, 0.15) is 34.6 Å². The Morgan fingerprint density at radius 2 is 1.88 bits per heavy atom. The highest BCUT2D eigenvalue weighted by Crippen LogP contribution is 2.36. The zero-order valence-electron chi connectivity index (χ0n) is 15.3. The van der Waals surface area contributed by atoms with Gasteiger partial charge in [0.25, 0.3) is 0 Å². The summed E-state index contributed by atoms with van der Waals surface area (Å²) in [5.41, 5.74) is 5.88. The maximum absolute atomic E-state index is 13.8. The average molecular weight is 370 g/mol. The van der Waals surface area contributed by atoms with E-state index in [9.17, 15) is 4.39 Å². The third-order valence-corrected chi connectivity index (χ3v) is 6.28. The molecule has 0 bridgehead atoms. The van der Waals surface area contributed by atoms with Gasteiger partial charge in [-0.05, 0) is 65.2 Å². The summed E-state index contributed by atoms with van der Waals surface area (Å²) in [6, 6.07) is 14.1. The third-order valence-electron chi connectivity index (χ3n) is 5.80. The Hall–Kier alpha value is -1.28. The minimum Gasteiger partial charge on any atom is -0.314 e. The molecule has 1 N–H and O–H groups in total. The van der Waals surface area contributed by atoms with Crippen LogP contribution in [-0.4, -0.2) is 43.3 Å². The highest BCUT2D eigenvalue weighted by Gasteiger charge is 2.25. The number of fused-ring (bicyclic) bond motifs is 2. The number of nitrogens with one attached hydrogen (secondary N) is 1. The van der Waals surface area contributed by atoms with E-state index < -0.39 is 0 Å². The van der Waals surface area contributed by atoms with Crippen molar-refractivity contribution in [3.8, 4) is 0 Å². The Balaban J connectivity index is 1.55. The normalized spacial score (nSPS) is 21.5. The van der Waals surface area contributed by atoms with Crippen molar-refractivity contribution in [2.75, 3.05) is 32.7 Å². The molecule has 1 aliphatic heterocycles. The van der Waals surface area contributed by atoms with Crippen molar-refractivity contribution in [1.29, 1.82) is 0 Å². The Morgan fingerprint density at radius 3 is 2.73 bits per heavy atom. The fourth-order valence-corrected chi connectivity index (χ4v) is 5.13. The van der Waals surface area contributed by atoms with Crippen LogP contribution >= 0.6 is 9.24 Å². The van der Waals surface area contributed by atoms with Gasteiger partial charge in [-0.2, -0.15) is 0 Å². The Morgan fingerprint density at radius 1 is 1.08 bits per heavy atom. The van der Waals surface area contributed by atoms with E-state index in [2.05, 4.69) is 43.7 Å². The molecule has 3 atom stereocenters. The van der Waals surface area contributed by atoms with E-state index in [4.69, 9.17) is 0 Å². The first-order valence-electron chi connectivity index (χ1n) is 9.73. The molecule has 1 fully saturated rings. The van der Waals surface area contributed by atoms with Crippen LogP contribution in [0.2, 0.25) is 0 Å². The second-order valence-corrected chi connectivity index (χ2v) is 8.68. The van der Waals surface area contributed by atoms with Gasteiger partial charge in [-0.25, -0.2) is 4.39 Å². The van der Waals surface area contributed by atoms with Gasteiger partial charge in [0.1, 0.15) is 5.82 Å². The highest BCUT2D eigenvalue weighted by molar-refractivity contribution is 7.17. The first-order chi connectivity index (χ1) is 12.7. The standard InChI is InChI=1S/C22H28FN2P/c23-20-6-5-16-11-17-3-1-2-4-22(17)19(12-18(16)13-20)14-21(26)15-25-9-7-24-8-10-25/h1-6,13,19,21,24H,7-12,14-15,26H2/t19-,21-/m1/s1. The molecule has 0 spiro atoms. The minimum absolute atomic E-state index is 0.114. The fraction of sp³-hybridized carbons (Fsp3) is 0.455. The summed E-state index contributed by atoms with van der Waals surface area (Å²) >= 11 is 0. The van der Waals surface area contributed by atoms with E-state index >= 15 is 0 Å². The monoisotopic (exact) mass is 370 g/mol. The zero-order chi connectivity index (χ0) is 17.9. The van der Waals surface area contributed by atoms with Gasteiger partial charge in [0, 0.05) is 32.7 Å². The Bertz CT molecular complexity index is 758. The maximum atomic E-state index is 13.8. The number of piperazine rings is 1. The van der Waals surface area contributed by atoms with Crippen LogP contribution in [-0.2, 0) is 12.8 Å². The molecule has 2 aliphatic rings. The molecule has 4 rings (SSSR count). The van der Waals surface area contributed by atoms with Crippen molar-refractivity contribution < 1.29 is 4.39 Å². The first kappa shape index (κ1) is 18.1. The Labute approximate surface area is 158 Å². The Kier molecular flexibility index (Phi) is 5.69. The number of hydrogen-bond donors (Lipinski definition) is 1. The predicted molar refractivity (Wildman–Crippen MR) is 110 cm³/mol. The lowest BCUT2D eigenvalue weighted by Crippen LogP contribution is -2.45. The van der Waals surface area contributed by atoms with Crippen LogP contribution in [0.15, 0.2) is 42.5 Å². The number of halogens is 1. The molecular weight excluding hydrogens is 342 g/mol. The van der Waals surface area contributed by atoms with Gasteiger partial charge in [0.2, 0.25) is 0 Å². The molecule has 1 unspecified atom stereocenters. The van der Waals surface area contributed by atoms with E-state index in [0.717, 1.165) is 52.0 Å². The second kappa shape index (κ2) is 8.17. The average Bonchev–Trinajstić information content (AvgIpc) is 2.79. The summed E-state index contributed by atoms with van der Waals surface area (Å²) in [7, 11) is 3.07. The van der Waals surface area contributed by atoms with Crippen molar-refractivity contribution in [3.63, 3.8) is 0 Å². The molecule has 1 aliphatic carbocycles. The highest BCUT2D eigenvalue weighted by atomic mass is 31.0. The number of rotatable bonds is 4. The lowest BCUT2D eigenvalue weighted by Gasteiger charge is -2.31. The second-order valence-electron chi connectivity index (χ2n) is 7.74. The molecule has 2 aromatic carbocycles. The van der Waals surface area contributed by atoms with Gasteiger partial charge in [0.15, 0.2) is 0 Å². The number of benzene rings is 2. The molecule has 1 heterocycles. The lowest BCUT2D eigenvalue weighted by atomic mass is 9.87. The summed E-state index contributed by atoms with van der Waals surface area (Å²) in [5.74, 6) is 0.344. The van der Waals surface area contributed by atoms with Gasteiger partial charge in [0.05, 0.1) is 0 Å². The predicted octanol–water partition coefficient (Wildman–Crippen LogP) is 3.60. The molecular formula is C22H28FN2P. The summed E-state index contributed by atoms with van der Waals surface area (Å²) < 4.78 is 13.8. The van der Waals surface area contributed by atoms with Gasteiger partial charge in [-0.3, -0.25) is 0 Å². The number of hydrogen-bond acceptors (Lipinski definition) is 2. The molecule has 1 saturated heterocycles. The van der Waals surface area contributed by atoms with E-state index in [1.807, 2.05) is 6.07 Å². The lowest BCUT2D eigenvalue weighted by molar-refractivity contribution is 0.237. The van der Waals surface area contributed by atoms with Crippen molar-refractivity contribution in [2.24, 2.45) is 0 Å². The molecule has 2 aromatic rings. The SMILES string of the molecule is Fc1ccc2c(c1)C[C@H](C[C@@H](P)CN1CCNCC1)c1ccccc1C2. The van der Waals surface area contributed by atoms with Crippen molar-refractivity contribution in [3.05, 3.63) is 70.5 Å². The topological polar surface area (TPSA) is 15.3 Å².